The number of nitrogens with zero attached hydrogens (tertiary/aromatic N) is 1. The second kappa shape index (κ2) is 8.89. The average Bonchev–Trinajstić information content (AvgIpc) is 2.68. The summed E-state index contributed by atoms with van der Waals surface area (Å²) in [4.78, 5) is 14.6. The molecule has 0 aliphatic rings. The van der Waals surface area contributed by atoms with Crippen LogP contribution in [0.2, 0.25) is 10.0 Å². The molecule has 0 spiro atoms. The minimum Gasteiger partial charge on any atom is -0.408 e. The minimum absolute atomic E-state index is 0.0279. The van der Waals surface area contributed by atoms with Crippen molar-refractivity contribution in [3.05, 3.63) is 94.0 Å². The van der Waals surface area contributed by atoms with E-state index in [9.17, 15) is 4.79 Å². The molecule has 3 aromatic rings. The lowest BCUT2D eigenvalue weighted by Crippen LogP contribution is -2.33. The first-order chi connectivity index (χ1) is 13.7. The topological polar surface area (TPSA) is 29.5 Å². The molecule has 5 heteroatoms. The molecule has 0 aliphatic heterocycles. The SMILES string of the molecule is CC(C)(C)c1ccc(N(Cc2ccccc2)C(=O)Oc2ccc(Cl)cc2Cl)cc1. The number of hydrogen-bond donors (Lipinski definition) is 0. The van der Waals surface area contributed by atoms with Gasteiger partial charge < -0.3 is 4.74 Å². The number of benzene rings is 3. The van der Waals surface area contributed by atoms with E-state index in [-0.39, 0.29) is 16.2 Å². The molecule has 0 saturated heterocycles. The van der Waals surface area contributed by atoms with E-state index in [4.69, 9.17) is 27.9 Å². The van der Waals surface area contributed by atoms with Gasteiger partial charge in [0.15, 0.2) is 5.75 Å². The molecular weight excluding hydrogens is 405 g/mol. The second-order valence-electron chi connectivity index (χ2n) is 7.81. The summed E-state index contributed by atoms with van der Waals surface area (Å²) in [7, 11) is 0. The molecule has 0 saturated carbocycles. The summed E-state index contributed by atoms with van der Waals surface area (Å²) in [5.74, 6) is 0.269. The van der Waals surface area contributed by atoms with Gasteiger partial charge in [0.05, 0.1) is 11.6 Å². The number of carbonyl (C=O) groups is 1. The van der Waals surface area contributed by atoms with Crippen molar-refractivity contribution < 1.29 is 9.53 Å². The fourth-order valence-corrected chi connectivity index (χ4v) is 3.32. The number of carbonyl (C=O) groups excluding carboxylic acids is 1. The van der Waals surface area contributed by atoms with Crippen molar-refractivity contribution >= 4 is 35.0 Å². The lowest BCUT2D eigenvalue weighted by molar-refractivity contribution is 0.207. The van der Waals surface area contributed by atoms with Crippen LogP contribution in [0.1, 0.15) is 31.9 Å². The monoisotopic (exact) mass is 427 g/mol. The lowest BCUT2D eigenvalue weighted by Gasteiger charge is -2.24. The van der Waals surface area contributed by atoms with Crippen molar-refractivity contribution in [1.82, 2.24) is 0 Å². The summed E-state index contributed by atoms with van der Waals surface area (Å²) < 4.78 is 5.58. The van der Waals surface area contributed by atoms with Crippen molar-refractivity contribution in [2.24, 2.45) is 0 Å². The lowest BCUT2D eigenvalue weighted by atomic mass is 9.87. The Bertz CT molecular complexity index is 980. The number of halogens is 2. The Morgan fingerprint density at radius 1 is 0.931 bits per heavy atom. The largest absolute Gasteiger partial charge is 0.420 e. The Morgan fingerprint density at radius 2 is 1.59 bits per heavy atom. The molecule has 0 bridgehead atoms. The first-order valence-electron chi connectivity index (χ1n) is 9.33. The van der Waals surface area contributed by atoms with Crippen LogP contribution in [0.15, 0.2) is 72.8 Å². The van der Waals surface area contributed by atoms with Gasteiger partial charge in [0.1, 0.15) is 0 Å². The zero-order valence-electron chi connectivity index (χ0n) is 16.7. The van der Waals surface area contributed by atoms with E-state index >= 15 is 0 Å². The highest BCUT2D eigenvalue weighted by Gasteiger charge is 2.21. The van der Waals surface area contributed by atoms with E-state index in [0.717, 1.165) is 11.3 Å². The molecule has 0 fully saturated rings. The molecular formula is C24H23Cl2NO2. The van der Waals surface area contributed by atoms with Gasteiger partial charge >= 0.3 is 6.09 Å². The van der Waals surface area contributed by atoms with E-state index < -0.39 is 6.09 Å². The molecule has 0 N–H and O–H groups in total. The first-order valence-corrected chi connectivity index (χ1v) is 10.1. The highest BCUT2D eigenvalue weighted by Crippen LogP contribution is 2.30. The Balaban J connectivity index is 1.91. The van der Waals surface area contributed by atoms with Gasteiger partial charge in [0.25, 0.3) is 0 Å². The van der Waals surface area contributed by atoms with Crippen LogP contribution in [0.5, 0.6) is 5.75 Å². The van der Waals surface area contributed by atoms with Crippen LogP contribution >= 0.6 is 23.2 Å². The highest BCUT2D eigenvalue weighted by atomic mass is 35.5. The van der Waals surface area contributed by atoms with Gasteiger partial charge in [0.2, 0.25) is 0 Å². The van der Waals surface area contributed by atoms with Gasteiger partial charge in [0, 0.05) is 10.7 Å². The van der Waals surface area contributed by atoms with Crippen molar-refractivity contribution in [3.63, 3.8) is 0 Å². The van der Waals surface area contributed by atoms with Crippen LogP contribution in [0.25, 0.3) is 0 Å². The number of amides is 1. The molecule has 0 heterocycles. The molecule has 0 radical (unpaired) electrons. The zero-order valence-corrected chi connectivity index (χ0v) is 18.2. The smallest absolute Gasteiger partial charge is 0.408 e. The summed E-state index contributed by atoms with van der Waals surface area (Å²) in [6.45, 7) is 6.83. The fraction of sp³-hybridized carbons (Fsp3) is 0.208. The minimum atomic E-state index is -0.512. The number of hydrogen-bond acceptors (Lipinski definition) is 2. The average molecular weight is 428 g/mol. The predicted octanol–water partition coefficient (Wildman–Crippen LogP) is 7.50. The third-order valence-electron chi connectivity index (χ3n) is 4.54. The quantitative estimate of drug-likeness (QED) is 0.431. The summed E-state index contributed by atoms with van der Waals surface area (Å²) >= 11 is 12.1. The molecule has 3 rings (SSSR count). The van der Waals surface area contributed by atoms with Gasteiger partial charge in [-0.3, -0.25) is 4.90 Å². The van der Waals surface area contributed by atoms with Crippen LogP contribution in [-0.2, 0) is 12.0 Å². The Kier molecular flexibility index (Phi) is 6.51. The number of ether oxygens (including phenoxy) is 1. The molecule has 3 nitrogen and oxygen atoms in total. The highest BCUT2D eigenvalue weighted by molar-refractivity contribution is 6.35. The van der Waals surface area contributed by atoms with Gasteiger partial charge in [-0.1, -0.05) is 86.4 Å². The van der Waals surface area contributed by atoms with Crippen molar-refractivity contribution in [3.8, 4) is 5.75 Å². The van der Waals surface area contributed by atoms with Crippen LogP contribution in [0.4, 0.5) is 10.5 Å². The first kappa shape index (κ1) is 21.2. The van der Waals surface area contributed by atoms with Gasteiger partial charge in [-0.2, -0.15) is 0 Å². The maximum atomic E-state index is 13.0. The standard InChI is InChI=1S/C24H23Cl2NO2/c1-24(2,3)18-9-12-20(13-10-18)27(16-17-7-5-4-6-8-17)23(28)29-22-14-11-19(25)15-21(22)26/h4-15H,16H2,1-3H3. The molecule has 150 valence electrons. The van der Waals surface area contributed by atoms with Crippen molar-refractivity contribution in [2.75, 3.05) is 4.90 Å². The van der Waals surface area contributed by atoms with E-state index in [1.165, 1.54) is 5.56 Å². The molecule has 0 aromatic heterocycles. The van der Waals surface area contributed by atoms with E-state index in [1.807, 2.05) is 54.6 Å². The molecule has 0 unspecified atom stereocenters. The maximum Gasteiger partial charge on any atom is 0.420 e. The molecule has 29 heavy (non-hydrogen) atoms. The van der Waals surface area contributed by atoms with E-state index in [2.05, 4.69) is 20.8 Å². The zero-order chi connectivity index (χ0) is 21.0. The van der Waals surface area contributed by atoms with Crippen LogP contribution < -0.4 is 9.64 Å². The van der Waals surface area contributed by atoms with Crippen LogP contribution in [0, 0.1) is 0 Å². The van der Waals surface area contributed by atoms with E-state index in [0.29, 0.717) is 11.6 Å². The Morgan fingerprint density at radius 3 is 2.17 bits per heavy atom. The molecule has 1 amide bonds. The molecule has 0 aliphatic carbocycles. The summed E-state index contributed by atoms with van der Waals surface area (Å²) in [6.07, 6.45) is -0.512. The van der Waals surface area contributed by atoms with Gasteiger partial charge in [-0.05, 0) is 46.9 Å². The second-order valence-corrected chi connectivity index (χ2v) is 8.65. The normalized spacial score (nSPS) is 11.2. The van der Waals surface area contributed by atoms with Crippen molar-refractivity contribution in [1.29, 1.82) is 0 Å². The maximum absolute atomic E-state index is 13.0. The third kappa shape index (κ3) is 5.53. The molecule has 0 atom stereocenters. The van der Waals surface area contributed by atoms with E-state index in [1.54, 1.807) is 23.1 Å². The van der Waals surface area contributed by atoms with Crippen LogP contribution in [0.3, 0.4) is 0 Å². The van der Waals surface area contributed by atoms with Crippen molar-refractivity contribution in [2.45, 2.75) is 32.7 Å². The Labute approximate surface area is 181 Å². The van der Waals surface area contributed by atoms with Crippen LogP contribution in [-0.4, -0.2) is 6.09 Å². The number of anilines is 1. The van der Waals surface area contributed by atoms with Gasteiger partial charge in [-0.15, -0.1) is 0 Å². The fourth-order valence-electron chi connectivity index (χ4n) is 2.88. The summed E-state index contributed by atoms with van der Waals surface area (Å²) in [5.41, 5.74) is 2.96. The third-order valence-corrected chi connectivity index (χ3v) is 5.07. The van der Waals surface area contributed by atoms with Gasteiger partial charge in [-0.25, -0.2) is 4.79 Å². The Hall–Kier alpha value is -2.49. The molecule has 3 aromatic carbocycles. The summed E-state index contributed by atoms with van der Waals surface area (Å²) in [5, 5.41) is 0.766. The number of rotatable bonds is 4. The predicted molar refractivity (Wildman–Crippen MR) is 120 cm³/mol. The summed E-state index contributed by atoms with van der Waals surface area (Å²) in [6, 6.07) is 22.5.